The number of furan rings is 2. The van der Waals surface area contributed by atoms with Gasteiger partial charge in [0.2, 0.25) is 0 Å². The molecule has 2 aliphatic rings. The highest BCUT2D eigenvalue weighted by atomic mass is 16.3. The Morgan fingerprint density at radius 2 is 1.17 bits per heavy atom. The van der Waals surface area contributed by atoms with Gasteiger partial charge in [0.25, 0.3) is 0 Å². The average Bonchev–Trinajstić information content (AvgIpc) is 3.94. The predicted molar refractivity (Wildman–Crippen MR) is 230 cm³/mol. The third-order valence-corrected chi connectivity index (χ3v) is 12.6. The summed E-state index contributed by atoms with van der Waals surface area (Å²) in [4.78, 5) is 15.2. The fourth-order valence-electron chi connectivity index (χ4n) is 9.81. The molecule has 0 saturated heterocycles. The number of fused-ring (bicyclic) bond motifs is 11. The van der Waals surface area contributed by atoms with E-state index in [-0.39, 0.29) is 5.41 Å². The first-order chi connectivity index (χ1) is 28.6. The number of rotatable bonds is 4. The lowest BCUT2D eigenvalue weighted by atomic mass is 9.67. The average molecular weight is 747 g/mol. The van der Waals surface area contributed by atoms with Gasteiger partial charge in [0.1, 0.15) is 22.3 Å². The van der Waals surface area contributed by atoms with E-state index in [1.165, 1.54) is 47.1 Å². The smallest absolute Gasteiger partial charge is 0.167 e. The molecule has 3 aromatic heterocycles. The minimum atomic E-state index is -0.00589. The second-order valence-corrected chi connectivity index (χ2v) is 15.8. The second kappa shape index (κ2) is 12.6. The summed E-state index contributed by atoms with van der Waals surface area (Å²) in [6, 6.07) is 52.6. The quantitative estimate of drug-likeness (QED) is 0.178. The monoisotopic (exact) mass is 746 g/mol. The van der Waals surface area contributed by atoms with Crippen molar-refractivity contribution in [2.45, 2.75) is 37.5 Å². The molecule has 1 spiro atoms. The molecule has 1 fully saturated rings. The second-order valence-electron chi connectivity index (χ2n) is 15.8. The first kappa shape index (κ1) is 32.8. The highest BCUT2D eigenvalue weighted by Crippen LogP contribution is 2.56. The maximum Gasteiger partial charge on any atom is 0.167 e. The number of hydrogen-bond donors (Lipinski definition) is 0. The van der Waals surface area contributed by atoms with E-state index in [4.69, 9.17) is 23.8 Å². The van der Waals surface area contributed by atoms with Crippen molar-refractivity contribution in [1.29, 1.82) is 5.26 Å². The molecule has 0 radical (unpaired) electrons. The topological polar surface area (TPSA) is 88.7 Å². The molecule has 0 bridgehead atoms. The molecule has 0 unspecified atom stereocenters. The van der Waals surface area contributed by atoms with Crippen LogP contribution in [0.4, 0.5) is 0 Å². The third kappa shape index (κ3) is 4.93. The van der Waals surface area contributed by atoms with Crippen molar-refractivity contribution in [2.75, 3.05) is 0 Å². The van der Waals surface area contributed by atoms with Crippen LogP contribution in [0, 0.1) is 11.3 Å². The van der Waals surface area contributed by atoms with Gasteiger partial charge < -0.3 is 8.83 Å². The minimum absolute atomic E-state index is 0.00589. The Bertz CT molecular complexity index is 3350. The van der Waals surface area contributed by atoms with Crippen LogP contribution >= 0.6 is 0 Å². The van der Waals surface area contributed by atoms with Crippen molar-refractivity contribution in [2.24, 2.45) is 0 Å². The van der Waals surface area contributed by atoms with Gasteiger partial charge in [-0.3, -0.25) is 0 Å². The van der Waals surface area contributed by atoms with Crippen LogP contribution < -0.4 is 0 Å². The molecule has 3 heterocycles. The fourth-order valence-corrected chi connectivity index (χ4v) is 9.81. The third-order valence-electron chi connectivity index (χ3n) is 12.6. The SMILES string of the molecule is N#Cc1ccc2c(c1)-c1ccc(-c3ccc4oc5c(-c6nc(-c7ccccc7)nc(-c7ccc8c(c7)oc7ccccc78)n6)cccc5c4c3)cc1C21CCCCC1. The summed E-state index contributed by atoms with van der Waals surface area (Å²) in [5.41, 5.74) is 14.0. The van der Waals surface area contributed by atoms with Gasteiger partial charge in [-0.05, 0) is 101 Å². The van der Waals surface area contributed by atoms with Gasteiger partial charge in [-0.15, -0.1) is 0 Å². The summed E-state index contributed by atoms with van der Waals surface area (Å²) in [6.45, 7) is 0. The van der Waals surface area contributed by atoms with Crippen molar-refractivity contribution in [3.05, 3.63) is 162 Å². The lowest BCUT2D eigenvalue weighted by molar-refractivity contribution is 0.353. The Hall–Kier alpha value is -7.36. The van der Waals surface area contributed by atoms with E-state index >= 15 is 0 Å². The zero-order valence-corrected chi connectivity index (χ0v) is 31.5. The number of hydrogen-bond acceptors (Lipinski definition) is 6. The largest absolute Gasteiger partial charge is 0.456 e. The lowest BCUT2D eigenvalue weighted by Gasteiger charge is -2.36. The Morgan fingerprint density at radius 3 is 2.05 bits per heavy atom. The fraction of sp³-hybridized carbons (Fsp3) is 0.115. The van der Waals surface area contributed by atoms with E-state index in [1.807, 2.05) is 66.7 Å². The number of aromatic nitrogens is 3. The van der Waals surface area contributed by atoms with Crippen molar-refractivity contribution >= 4 is 43.9 Å². The molecule has 7 aromatic carbocycles. The molecule has 274 valence electrons. The van der Waals surface area contributed by atoms with Gasteiger partial charge in [-0.2, -0.15) is 5.26 Å². The van der Waals surface area contributed by atoms with Gasteiger partial charge in [0.05, 0.1) is 17.2 Å². The van der Waals surface area contributed by atoms with Crippen molar-refractivity contribution in [1.82, 2.24) is 15.0 Å². The summed E-state index contributed by atoms with van der Waals surface area (Å²) >= 11 is 0. The first-order valence-corrected chi connectivity index (χ1v) is 20.0. The molecular weight excluding hydrogens is 713 g/mol. The van der Waals surface area contributed by atoms with Crippen LogP contribution in [-0.4, -0.2) is 15.0 Å². The molecule has 58 heavy (non-hydrogen) atoms. The lowest BCUT2D eigenvalue weighted by Crippen LogP contribution is -2.28. The normalized spacial score (nSPS) is 14.3. The maximum absolute atomic E-state index is 9.74. The van der Waals surface area contributed by atoms with Crippen molar-refractivity contribution in [3.8, 4) is 62.5 Å². The van der Waals surface area contributed by atoms with E-state index in [0.29, 0.717) is 23.0 Å². The van der Waals surface area contributed by atoms with Gasteiger partial charge in [0.15, 0.2) is 17.5 Å². The molecule has 2 aliphatic carbocycles. The molecule has 0 aliphatic heterocycles. The van der Waals surface area contributed by atoms with Crippen LogP contribution in [0.3, 0.4) is 0 Å². The summed E-state index contributed by atoms with van der Waals surface area (Å²) in [5, 5.41) is 13.9. The van der Waals surface area contributed by atoms with Gasteiger partial charge >= 0.3 is 0 Å². The van der Waals surface area contributed by atoms with E-state index in [2.05, 4.69) is 84.9 Å². The zero-order valence-electron chi connectivity index (χ0n) is 31.5. The molecule has 1 saturated carbocycles. The Labute approximate surface area is 334 Å². The van der Waals surface area contributed by atoms with Gasteiger partial charge in [-0.1, -0.05) is 110 Å². The van der Waals surface area contributed by atoms with Crippen LogP contribution in [0.5, 0.6) is 0 Å². The van der Waals surface area contributed by atoms with E-state index in [9.17, 15) is 5.26 Å². The molecule has 0 amide bonds. The van der Waals surface area contributed by atoms with E-state index < -0.39 is 0 Å². The summed E-state index contributed by atoms with van der Waals surface area (Å²) in [5.74, 6) is 1.67. The standard InChI is InChI=1S/C52H34N4O2/c53-30-31-16-22-43-41(26-31)36-20-17-34(28-44(36)52(43)24-7-2-8-25-52)33-19-23-46-42(27-33)39-13-9-14-40(48(39)58-46)51-55-49(32-10-3-1-4-11-32)54-50(56-51)35-18-21-38-37-12-5-6-15-45(37)57-47(38)29-35/h1,3-6,9-23,26-29H,2,7-8,24-25H2. The number of nitriles is 1. The van der Waals surface area contributed by atoms with Crippen molar-refractivity contribution in [3.63, 3.8) is 0 Å². The van der Waals surface area contributed by atoms with Crippen LogP contribution in [-0.2, 0) is 5.41 Å². The molecule has 12 rings (SSSR count). The zero-order chi connectivity index (χ0) is 38.4. The highest BCUT2D eigenvalue weighted by Gasteiger charge is 2.44. The Morgan fingerprint density at radius 1 is 0.448 bits per heavy atom. The first-order valence-electron chi connectivity index (χ1n) is 20.0. The van der Waals surface area contributed by atoms with Gasteiger partial charge in [0, 0.05) is 38.1 Å². The van der Waals surface area contributed by atoms with Crippen molar-refractivity contribution < 1.29 is 8.83 Å². The molecule has 10 aromatic rings. The maximum atomic E-state index is 9.74. The summed E-state index contributed by atoms with van der Waals surface area (Å²) in [7, 11) is 0. The number of nitrogens with zero attached hydrogens (tertiary/aromatic N) is 4. The minimum Gasteiger partial charge on any atom is -0.456 e. The van der Waals surface area contributed by atoms with E-state index in [1.54, 1.807) is 0 Å². The van der Waals surface area contributed by atoms with Crippen LogP contribution in [0.15, 0.2) is 154 Å². The summed E-state index contributed by atoms with van der Waals surface area (Å²) < 4.78 is 13.0. The Kier molecular flexibility index (Phi) is 7.12. The Balaban J connectivity index is 0.986. The number of para-hydroxylation sites is 2. The van der Waals surface area contributed by atoms with Crippen LogP contribution in [0.25, 0.3) is 100 Å². The van der Waals surface area contributed by atoms with E-state index in [0.717, 1.165) is 79.0 Å². The molecular formula is C52H34N4O2. The molecule has 0 N–H and O–H groups in total. The molecule has 6 heteroatoms. The van der Waals surface area contributed by atoms with Gasteiger partial charge in [-0.25, -0.2) is 15.0 Å². The van der Waals surface area contributed by atoms with Crippen LogP contribution in [0.1, 0.15) is 48.8 Å². The molecule has 6 nitrogen and oxygen atoms in total. The summed E-state index contributed by atoms with van der Waals surface area (Å²) in [6.07, 6.45) is 5.97. The number of benzene rings is 7. The highest BCUT2D eigenvalue weighted by molar-refractivity contribution is 6.10. The van der Waals surface area contributed by atoms with Crippen LogP contribution in [0.2, 0.25) is 0 Å². The molecule has 0 atom stereocenters. The predicted octanol–water partition coefficient (Wildman–Crippen LogP) is 13.4.